The molecule has 2 aromatic carbocycles. The fraction of sp³-hybridized carbons (Fsp3) is 0.458. The van der Waals surface area contributed by atoms with Gasteiger partial charge in [-0.05, 0) is 38.3 Å². The maximum atomic E-state index is 13.1. The van der Waals surface area contributed by atoms with Crippen molar-refractivity contribution in [1.82, 2.24) is 10.2 Å². The minimum absolute atomic E-state index is 0.107. The zero-order chi connectivity index (χ0) is 22.5. The minimum Gasteiger partial charge on any atom is -0.444 e. The van der Waals surface area contributed by atoms with Crippen LogP contribution in [-0.2, 0) is 17.8 Å². The van der Waals surface area contributed by atoms with E-state index >= 15 is 0 Å². The molecule has 1 amide bonds. The van der Waals surface area contributed by atoms with Crippen LogP contribution in [-0.4, -0.2) is 49.3 Å². The van der Waals surface area contributed by atoms with Gasteiger partial charge in [0, 0.05) is 19.1 Å². The fourth-order valence-corrected chi connectivity index (χ4v) is 5.79. The Hall–Kier alpha value is -2.06. The van der Waals surface area contributed by atoms with Crippen LogP contribution >= 0.6 is 10.6 Å². The summed E-state index contributed by atoms with van der Waals surface area (Å²) in [6, 6.07) is 19.3. The molecule has 7 heteroatoms. The number of ether oxygens (including phenoxy) is 1. The average Bonchev–Trinajstić information content (AvgIpc) is 2.69. The van der Waals surface area contributed by atoms with Gasteiger partial charge < -0.3 is 10.1 Å². The summed E-state index contributed by atoms with van der Waals surface area (Å²) in [5.41, 5.74) is 1.48. The van der Waals surface area contributed by atoms with Crippen LogP contribution in [0.1, 0.15) is 38.3 Å². The number of nitrogens with one attached hydrogen (secondary N) is 1. The first-order valence-electron chi connectivity index (χ1n) is 10.7. The van der Waals surface area contributed by atoms with Crippen LogP contribution in [0, 0.1) is 0 Å². The summed E-state index contributed by atoms with van der Waals surface area (Å²) in [6.07, 6.45) is 0.203. The summed E-state index contributed by atoms with van der Waals surface area (Å²) in [7, 11) is -2.81. The van der Waals surface area contributed by atoms with E-state index < -0.39 is 22.3 Å². The molecule has 0 aliphatic carbocycles. The van der Waals surface area contributed by atoms with E-state index in [9.17, 15) is 13.9 Å². The Morgan fingerprint density at radius 2 is 1.61 bits per heavy atom. The highest BCUT2D eigenvalue weighted by molar-refractivity contribution is 8.24. The molecule has 0 saturated carbocycles. The van der Waals surface area contributed by atoms with E-state index in [1.54, 1.807) is 4.90 Å². The number of benzene rings is 2. The van der Waals surface area contributed by atoms with Gasteiger partial charge in [-0.25, -0.2) is 4.79 Å². The standard InChI is InChI=1S/C24H34N2O4S/c1-24(2,3)30-23(27)26(16-20-12-8-5-9-13-20)22-14-21(17-31(28,29)18-22)25-15-19-10-6-4-7-11-19/h4-13,21-22,25,28-29H,14-18H2,1-3H3. The quantitative estimate of drug-likeness (QED) is 0.575. The molecule has 6 nitrogen and oxygen atoms in total. The third kappa shape index (κ3) is 7.54. The van der Waals surface area contributed by atoms with E-state index in [2.05, 4.69) is 5.32 Å². The number of carbonyl (C=O) groups excluding carboxylic acids is 1. The molecule has 1 aliphatic rings. The monoisotopic (exact) mass is 446 g/mol. The second-order valence-corrected chi connectivity index (χ2v) is 11.5. The molecule has 2 atom stereocenters. The number of amides is 1. The van der Waals surface area contributed by atoms with E-state index in [-0.39, 0.29) is 17.8 Å². The summed E-state index contributed by atoms with van der Waals surface area (Å²) in [5.74, 6) is 0.465. The van der Waals surface area contributed by atoms with Crippen LogP contribution < -0.4 is 5.32 Å². The number of nitrogens with zero attached hydrogens (tertiary/aromatic N) is 1. The highest BCUT2D eigenvalue weighted by atomic mass is 32.3. The Morgan fingerprint density at radius 3 is 2.19 bits per heavy atom. The first kappa shape index (κ1) is 23.6. The van der Waals surface area contributed by atoms with Crippen molar-refractivity contribution in [2.75, 3.05) is 11.5 Å². The van der Waals surface area contributed by atoms with Crippen molar-refractivity contribution in [3.05, 3.63) is 71.8 Å². The summed E-state index contributed by atoms with van der Waals surface area (Å²) >= 11 is 0. The summed E-state index contributed by atoms with van der Waals surface area (Å²) < 4.78 is 27.0. The first-order chi connectivity index (χ1) is 14.6. The largest absolute Gasteiger partial charge is 0.444 e. The number of carbonyl (C=O) groups is 1. The van der Waals surface area contributed by atoms with Gasteiger partial charge in [-0.3, -0.25) is 14.0 Å². The molecule has 1 fully saturated rings. The molecule has 0 aromatic heterocycles. The van der Waals surface area contributed by atoms with E-state index in [0.29, 0.717) is 25.3 Å². The topological polar surface area (TPSA) is 82.0 Å². The van der Waals surface area contributed by atoms with Gasteiger partial charge in [0.2, 0.25) is 0 Å². The Bertz CT molecular complexity index is 840. The average molecular weight is 447 g/mol. The van der Waals surface area contributed by atoms with Crippen LogP contribution in [0.25, 0.3) is 0 Å². The SMILES string of the molecule is CC(C)(C)OC(=O)N(Cc1ccccc1)C1CC(NCc2ccccc2)CS(O)(O)C1. The fourth-order valence-electron chi connectivity index (χ4n) is 3.82. The normalized spacial score (nSPS) is 21.8. The number of hydrogen-bond acceptors (Lipinski definition) is 5. The van der Waals surface area contributed by atoms with Crippen LogP contribution in [0.15, 0.2) is 60.7 Å². The third-order valence-corrected chi connectivity index (χ3v) is 7.04. The van der Waals surface area contributed by atoms with Crippen molar-refractivity contribution < 1.29 is 18.6 Å². The number of rotatable bonds is 6. The summed E-state index contributed by atoms with van der Waals surface area (Å²) in [5, 5.41) is 3.45. The van der Waals surface area contributed by atoms with Crippen molar-refractivity contribution in [2.24, 2.45) is 0 Å². The molecule has 3 N–H and O–H groups in total. The molecule has 1 aliphatic heterocycles. The Morgan fingerprint density at radius 1 is 1.03 bits per heavy atom. The van der Waals surface area contributed by atoms with Crippen LogP contribution in [0.5, 0.6) is 0 Å². The Labute approximate surface area is 187 Å². The van der Waals surface area contributed by atoms with E-state index in [0.717, 1.165) is 11.1 Å². The molecule has 2 aromatic rings. The van der Waals surface area contributed by atoms with Gasteiger partial charge in [0.1, 0.15) is 5.60 Å². The molecule has 0 radical (unpaired) electrons. The van der Waals surface area contributed by atoms with Gasteiger partial charge in [-0.15, -0.1) is 0 Å². The number of hydrogen-bond donors (Lipinski definition) is 3. The molecule has 1 heterocycles. The van der Waals surface area contributed by atoms with Crippen molar-refractivity contribution in [2.45, 2.75) is 58.0 Å². The third-order valence-electron chi connectivity index (χ3n) is 5.19. The Balaban J connectivity index is 1.77. The second-order valence-electron chi connectivity index (χ2n) is 9.18. The van der Waals surface area contributed by atoms with Gasteiger partial charge in [-0.2, -0.15) is 10.6 Å². The first-order valence-corrected chi connectivity index (χ1v) is 12.5. The van der Waals surface area contributed by atoms with Crippen molar-refractivity contribution in [3.63, 3.8) is 0 Å². The Kier molecular flexibility index (Phi) is 7.64. The maximum absolute atomic E-state index is 13.1. The van der Waals surface area contributed by atoms with Crippen molar-refractivity contribution >= 4 is 16.7 Å². The predicted molar refractivity (Wildman–Crippen MR) is 126 cm³/mol. The molecule has 0 spiro atoms. The molecule has 3 rings (SSSR count). The van der Waals surface area contributed by atoms with Crippen molar-refractivity contribution in [3.8, 4) is 0 Å². The van der Waals surface area contributed by atoms with Gasteiger partial charge in [-0.1, -0.05) is 60.7 Å². The van der Waals surface area contributed by atoms with Crippen LogP contribution in [0.4, 0.5) is 4.79 Å². The second kappa shape index (κ2) is 10.0. The lowest BCUT2D eigenvalue weighted by molar-refractivity contribution is 0.0138. The molecule has 31 heavy (non-hydrogen) atoms. The lowest BCUT2D eigenvalue weighted by atomic mass is 10.1. The zero-order valence-electron chi connectivity index (χ0n) is 18.5. The molecule has 1 saturated heterocycles. The van der Waals surface area contributed by atoms with E-state index in [4.69, 9.17) is 4.74 Å². The van der Waals surface area contributed by atoms with E-state index in [1.165, 1.54) is 0 Å². The lowest BCUT2D eigenvalue weighted by Crippen LogP contribution is -2.52. The van der Waals surface area contributed by atoms with E-state index in [1.807, 2.05) is 81.4 Å². The predicted octanol–water partition coefficient (Wildman–Crippen LogP) is 5.11. The molecule has 170 valence electrons. The van der Waals surface area contributed by atoms with Gasteiger partial charge >= 0.3 is 6.09 Å². The van der Waals surface area contributed by atoms with Gasteiger partial charge in [0.05, 0.1) is 17.5 Å². The van der Waals surface area contributed by atoms with Gasteiger partial charge in [0.25, 0.3) is 0 Å². The molecule has 0 bridgehead atoms. The summed E-state index contributed by atoms with van der Waals surface area (Å²) in [4.78, 5) is 14.7. The minimum atomic E-state index is -2.81. The van der Waals surface area contributed by atoms with Crippen LogP contribution in [0.3, 0.4) is 0 Å². The molecular weight excluding hydrogens is 412 g/mol. The van der Waals surface area contributed by atoms with Crippen LogP contribution in [0.2, 0.25) is 0 Å². The highest BCUT2D eigenvalue weighted by Crippen LogP contribution is 2.45. The molecule has 2 unspecified atom stereocenters. The molecular formula is C24H34N2O4S. The lowest BCUT2D eigenvalue weighted by Gasteiger charge is -2.47. The maximum Gasteiger partial charge on any atom is 0.410 e. The van der Waals surface area contributed by atoms with Gasteiger partial charge in [0.15, 0.2) is 0 Å². The summed E-state index contributed by atoms with van der Waals surface area (Å²) in [6.45, 7) is 6.51. The zero-order valence-corrected chi connectivity index (χ0v) is 19.3. The van der Waals surface area contributed by atoms with Crippen molar-refractivity contribution in [1.29, 1.82) is 0 Å². The highest BCUT2D eigenvalue weighted by Gasteiger charge is 2.38. The smallest absolute Gasteiger partial charge is 0.410 e.